The van der Waals surface area contributed by atoms with E-state index in [0.717, 1.165) is 39.0 Å². The van der Waals surface area contributed by atoms with Gasteiger partial charge in [-0.1, -0.05) is 6.92 Å². The summed E-state index contributed by atoms with van der Waals surface area (Å²) in [6.45, 7) is 6.99. The molecule has 1 aromatic heterocycles. The van der Waals surface area contributed by atoms with Gasteiger partial charge in [-0.15, -0.1) is 0 Å². The SMILES string of the molecule is CCCOC1CCCN(c2nc(N)nc(OCC)n2)C1. The van der Waals surface area contributed by atoms with Gasteiger partial charge in [-0.3, -0.25) is 0 Å². The van der Waals surface area contributed by atoms with Crippen molar-refractivity contribution in [3.05, 3.63) is 0 Å². The summed E-state index contributed by atoms with van der Waals surface area (Å²) in [5, 5.41) is 0. The van der Waals surface area contributed by atoms with Crippen LogP contribution in [0.5, 0.6) is 6.01 Å². The van der Waals surface area contributed by atoms with Crippen LogP contribution in [0.25, 0.3) is 0 Å². The van der Waals surface area contributed by atoms with Gasteiger partial charge in [0.05, 0.1) is 12.7 Å². The average molecular weight is 281 g/mol. The van der Waals surface area contributed by atoms with Gasteiger partial charge in [-0.05, 0) is 26.2 Å². The summed E-state index contributed by atoms with van der Waals surface area (Å²) in [6.07, 6.45) is 3.40. The van der Waals surface area contributed by atoms with Gasteiger partial charge < -0.3 is 20.1 Å². The number of hydrogen-bond donors (Lipinski definition) is 1. The first-order chi connectivity index (χ1) is 9.72. The van der Waals surface area contributed by atoms with E-state index in [-0.39, 0.29) is 18.1 Å². The van der Waals surface area contributed by atoms with Crippen LogP contribution in [0, 0.1) is 0 Å². The van der Waals surface area contributed by atoms with E-state index in [1.165, 1.54) is 0 Å². The molecule has 7 nitrogen and oxygen atoms in total. The zero-order valence-electron chi connectivity index (χ0n) is 12.2. The quantitative estimate of drug-likeness (QED) is 0.839. The molecule has 2 rings (SSSR count). The summed E-state index contributed by atoms with van der Waals surface area (Å²) < 4.78 is 11.1. The largest absolute Gasteiger partial charge is 0.464 e. The van der Waals surface area contributed by atoms with Crippen LogP contribution in [-0.2, 0) is 4.74 Å². The molecule has 0 radical (unpaired) electrons. The first-order valence-electron chi connectivity index (χ1n) is 7.23. The Morgan fingerprint density at radius 1 is 1.30 bits per heavy atom. The Balaban J connectivity index is 2.05. The number of ether oxygens (including phenoxy) is 2. The fraction of sp³-hybridized carbons (Fsp3) is 0.769. The van der Waals surface area contributed by atoms with Crippen LogP contribution in [-0.4, -0.2) is 47.4 Å². The molecule has 2 N–H and O–H groups in total. The van der Waals surface area contributed by atoms with E-state index in [1.807, 2.05) is 6.92 Å². The highest BCUT2D eigenvalue weighted by Crippen LogP contribution is 2.20. The van der Waals surface area contributed by atoms with E-state index in [1.54, 1.807) is 0 Å². The van der Waals surface area contributed by atoms with Crippen molar-refractivity contribution in [3.8, 4) is 6.01 Å². The molecule has 0 amide bonds. The number of piperidine rings is 1. The first kappa shape index (κ1) is 14.8. The number of nitrogens with two attached hydrogens (primary N) is 1. The van der Waals surface area contributed by atoms with Crippen molar-refractivity contribution < 1.29 is 9.47 Å². The maximum Gasteiger partial charge on any atom is 0.323 e. The summed E-state index contributed by atoms with van der Waals surface area (Å²) in [7, 11) is 0. The highest BCUT2D eigenvalue weighted by molar-refractivity contribution is 5.36. The standard InChI is InChI=1S/C13H23N5O2/c1-3-8-20-10-6-5-7-18(9-10)12-15-11(14)16-13(17-12)19-4-2/h10H,3-9H2,1-2H3,(H2,14,15,16,17). The number of hydrogen-bond acceptors (Lipinski definition) is 7. The minimum absolute atomic E-state index is 0.190. The molecule has 1 unspecified atom stereocenters. The van der Waals surface area contributed by atoms with Crippen molar-refractivity contribution in [1.82, 2.24) is 15.0 Å². The van der Waals surface area contributed by atoms with Gasteiger partial charge in [-0.2, -0.15) is 15.0 Å². The van der Waals surface area contributed by atoms with Crippen LogP contribution in [0.3, 0.4) is 0 Å². The molecule has 112 valence electrons. The number of rotatable bonds is 6. The van der Waals surface area contributed by atoms with Crippen molar-refractivity contribution in [2.24, 2.45) is 0 Å². The molecule has 1 aliphatic rings. The predicted molar refractivity (Wildman–Crippen MR) is 76.9 cm³/mol. The summed E-state index contributed by atoms with van der Waals surface area (Å²) in [4.78, 5) is 14.6. The first-order valence-corrected chi connectivity index (χ1v) is 7.23. The molecule has 1 aliphatic heterocycles. The Labute approximate surface area is 119 Å². The lowest BCUT2D eigenvalue weighted by molar-refractivity contribution is 0.0437. The van der Waals surface area contributed by atoms with Crippen molar-refractivity contribution in [3.63, 3.8) is 0 Å². The second-order valence-corrected chi connectivity index (χ2v) is 4.79. The van der Waals surface area contributed by atoms with Gasteiger partial charge in [0.1, 0.15) is 0 Å². The Morgan fingerprint density at radius 3 is 2.90 bits per heavy atom. The van der Waals surface area contributed by atoms with E-state index >= 15 is 0 Å². The Hall–Kier alpha value is -1.63. The molecule has 2 heterocycles. The van der Waals surface area contributed by atoms with Crippen LogP contribution in [0.4, 0.5) is 11.9 Å². The van der Waals surface area contributed by atoms with E-state index in [9.17, 15) is 0 Å². The third kappa shape index (κ3) is 3.93. The molecule has 0 bridgehead atoms. The van der Waals surface area contributed by atoms with Crippen LogP contribution in [0.1, 0.15) is 33.1 Å². The van der Waals surface area contributed by atoms with Crippen molar-refractivity contribution >= 4 is 11.9 Å². The van der Waals surface area contributed by atoms with Gasteiger partial charge >= 0.3 is 6.01 Å². The van der Waals surface area contributed by atoms with E-state index < -0.39 is 0 Å². The van der Waals surface area contributed by atoms with Crippen LogP contribution >= 0.6 is 0 Å². The molecule has 0 aliphatic carbocycles. The fourth-order valence-electron chi connectivity index (χ4n) is 2.24. The fourth-order valence-corrected chi connectivity index (χ4v) is 2.24. The van der Waals surface area contributed by atoms with Gasteiger partial charge in [0.15, 0.2) is 0 Å². The number of aromatic nitrogens is 3. The molecule has 0 spiro atoms. The monoisotopic (exact) mass is 281 g/mol. The van der Waals surface area contributed by atoms with Crippen molar-refractivity contribution in [2.45, 2.75) is 39.2 Å². The molecule has 1 saturated heterocycles. The van der Waals surface area contributed by atoms with E-state index in [0.29, 0.717) is 12.6 Å². The average Bonchev–Trinajstić information content (AvgIpc) is 2.45. The van der Waals surface area contributed by atoms with Crippen molar-refractivity contribution in [2.75, 3.05) is 36.9 Å². The lowest BCUT2D eigenvalue weighted by Crippen LogP contribution is -2.41. The molecule has 7 heteroatoms. The third-order valence-electron chi connectivity index (χ3n) is 3.11. The predicted octanol–water partition coefficient (Wildman–Crippen LogP) is 1.25. The zero-order valence-corrected chi connectivity index (χ0v) is 12.2. The molecule has 20 heavy (non-hydrogen) atoms. The van der Waals surface area contributed by atoms with Crippen molar-refractivity contribution in [1.29, 1.82) is 0 Å². The van der Waals surface area contributed by atoms with Crippen LogP contribution in [0.2, 0.25) is 0 Å². The van der Waals surface area contributed by atoms with Gasteiger partial charge in [0, 0.05) is 19.7 Å². The molecule has 1 atom stereocenters. The molecule has 1 fully saturated rings. The van der Waals surface area contributed by atoms with Gasteiger partial charge in [0.25, 0.3) is 0 Å². The summed E-state index contributed by atoms with van der Waals surface area (Å²) >= 11 is 0. The molecular formula is C13H23N5O2. The van der Waals surface area contributed by atoms with Crippen LogP contribution < -0.4 is 15.4 Å². The summed E-state index contributed by atoms with van der Waals surface area (Å²) in [5.74, 6) is 0.765. The second kappa shape index (κ2) is 7.23. The molecular weight excluding hydrogens is 258 g/mol. The maximum absolute atomic E-state index is 5.82. The lowest BCUT2D eigenvalue weighted by atomic mass is 10.1. The summed E-state index contributed by atoms with van der Waals surface area (Å²) in [5.41, 5.74) is 5.71. The molecule has 1 aromatic rings. The molecule has 0 aromatic carbocycles. The Bertz CT molecular complexity index is 429. The second-order valence-electron chi connectivity index (χ2n) is 4.79. The van der Waals surface area contributed by atoms with Crippen LogP contribution in [0.15, 0.2) is 0 Å². The van der Waals surface area contributed by atoms with E-state index in [2.05, 4.69) is 26.8 Å². The topological polar surface area (TPSA) is 86.4 Å². The van der Waals surface area contributed by atoms with Gasteiger partial charge in [0.2, 0.25) is 11.9 Å². The zero-order chi connectivity index (χ0) is 14.4. The Morgan fingerprint density at radius 2 is 2.15 bits per heavy atom. The molecule has 0 saturated carbocycles. The smallest absolute Gasteiger partial charge is 0.323 e. The third-order valence-corrected chi connectivity index (χ3v) is 3.11. The highest BCUT2D eigenvalue weighted by Gasteiger charge is 2.23. The van der Waals surface area contributed by atoms with Gasteiger partial charge in [-0.25, -0.2) is 0 Å². The number of nitrogens with zero attached hydrogens (tertiary/aromatic N) is 4. The normalized spacial score (nSPS) is 19.1. The summed E-state index contributed by atoms with van der Waals surface area (Å²) in [6, 6.07) is 0.284. The Kier molecular flexibility index (Phi) is 5.34. The number of anilines is 2. The minimum Gasteiger partial charge on any atom is -0.464 e. The lowest BCUT2D eigenvalue weighted by Gasteiger charge is -2.32. The maximum atomic E-state index is 5.82. The van der Waals surface area contributed by atoms with E-state index in [4.69, 9.17) is 15.2 Å². The number of nitrogen functional groups attached to an aromatic ring is 1. The minimum atomic E-state index is 0.190. The highest BCUT2D eigenvalue weighted by atomic mass is 16.5.